The smallest absolute Gasteiger partial charge is 0.239 e. The van der Waals surface area contributed by atoms with Crippen molar-refractivity contribution in [3.63, 3.8) is 0 Å². The summed E-state index contributed by atoms with van der Waals surface area (Å²) in [7, 11) is -3.35. The fourth-order valence-electron chi connectivity index (χ4n) is 1.75. The number of hydrogen-bond acceptors (Lipinski definition) is 4. The Bertz CT molecular complexity index is 536. The molecular weight excluding hydrogens is 278 g/mol. The minimum atomic E-state index is -3.35. The number of nitrogens with zero attached hydrogens (tertiary/aromatic N) is 1. The van der Waals surface area contributed by atoms with Gasteiger partial charge in [-0.3, -0.25) is 4.79 Å². The van der Waals surface area contributed by atoms with Gasteiger partial charge in [-0.05, 0) is 38.1 Å². The van der Waals surface area contributed by atoms with E-state index in [1.807, 2.05) is 12.1 Å². The average molecular weight is 299 g/mol. The zero-order chi connectivity index (χ0) is 15.2. The van der Waals surface area contributed by atoms with E-state index < -0.39 is 15.9 Å². The molecule has 1 rings (SSSR count). The second-order valence-corrected chi connectivity index (χ2v) is 6.19. The lowest BCUT2D eigenvalue weighted by Gasteiger charge is -2.21. The van der Waals surface area contributed by atoms with Crippen LogP contribution in [-0.2, 0) is 14.8 Å². The lowest BCUT2D eigenvalue weighted by molar-refractivity contribution is -0.115. The quantitative estimate of drug-likeness (QED) is 0.788. The number of amides is 1. The van der Waals surface area contributed by atoms with E-state index in [-0.39, 0.29) is 6.54 Å². The first-order valence-electron chi connectivity index (χ1n) is 6.45. The molecule has 6 nitrogen and oxygen atoms in total. The van der Waals surface area contributed by atoms with Crippen molar-refractivity contribution in [1.82, 2.24) is 4.72 Å². The van der Waals surface area contributed by atoms with E-state index in [0.717, 1.165) is 25.0 Å². The number of carbonyl (C=O) groups is 1. The molecule has 0 unspecified atom stereocenters. The molecule has 1 aromatic rings. The first-order valence-corrected chi connectivity index (χ1v) is 8.34. The Balaban J connectivity index is 2.59. The molecular formula is C13H21N3O3S. The number of hydrogen-bond donors (Lipinski definition) is 2. The molecule has 0 aliphatic carbocycles. The second-order valence-electron chi connectivity index (χ2n) is 4.36. The van der Waals surface area contributed by atoms with E-state index in [1.165, 1.54) is 0 Å². The molecule has 0 radical (unpaired) electrons. The van der Waals surface area contributed by atoms with Gasteiger partial charge < -0.3 is 10.2 Å². The maximum absolute atomic E-state index is 11.5. The van der Waals surface area contributed by atoms with Crippen LogP contribution < -0.4 is 14.9 Å². The summed E-state index contributed by atoms with van der Waals surface area (Å²) in [6.45, 7) is 5.73. The highest BCUT2D eigenvalue weighted by Crippen LogP contribution is 2.17. The Kier molecular flexibility index (Phi) is 5.97. The highest BCUT2D eigenvalue weighted by atomic mass is 32.2. The molecule has 1 amide bonds. The van der Waals surface area contributed by atoms with Crippen LogP contribution in [0, 0.1) is 0 Å². The molecule has 0 spiro atoms. The van der Waals surface area contributed by atoms with Crippen molar-refractivity contribution < 1.29 is 13.2 Å². The van der Waals surface area contributed by atoms with Crippen LogP contribution in [0.25, 0.3) is 0 Å². The molecule has 0 saturated carbocycles. The lowest BCUT2D eigenvalue weighted by Crippen LogP contribution is -2.32. The summed E-state index contributed by atoms with van der Waals surface area (Å²) in [6.07, 6.45) is 1.01. The van der Waals surface area contributed by atoms with Gasteiger partial charge in [-0.15, -0.1) is 0 Å². The monoisotopic (exact) mass is 299 g/mol. The van der Waals surface area contributed by atoms with Gasteiger partial charge in [-0.1, -0.05) is 0 Å². The maximum Gasteiger partial charge on any atom is 0.239 e. The average Bonchev–Trinajstić information content (AvgIpc) is 2.39. The third kappa shape index (κ3) is 5.58. The van der Waals surface area contributed by atoms with Crippen molar-refractivity contribution in [2.75, 3.05) is 36.1 Å². The molecule has 1 aromatic carbocycles. The lowest BCUT2D eigenvalue weighted by atomic mass is 10.2. The summed E-state index contributed by atoms with van der Waals surface area (Å²) >= 11 is 0. The molecule has 0 heterocycles. The molecule has 0 saturated heterocycles. The summed E-state index contributed by atoms with van der Waals surface area (Å²) in [5.74, 6) is -0.397. The molecule has 0 fully saturated rings. The van der Waals surface area contributed by atoms with Crippen LogP contribution >= 0.6 is 0 Å². The fourth-order valence-corrected chi connectivity index (χ4v) is 2.14. The summed E-state index contributed by atoms with van der Waals surface area (Å²) in [6, 6.07) is 7.44. The highest BCUT2D eigenvalue weighted by molar-refractivity contribution is 7.88. The van der Waals surface area contributed by atoms with E-state index in [2.05, 4.69) is 28.8 Å². The standard InChI is InChI=1S/C13H21N3O3S/c1-4-16(5-2)12-8-6-11(7-9-12)15-13(17)10-14-20(3,18)19/h6-9,14H,4-5,10H2,1-3H3,(H,15,17). The molecule has 0 atom stereocenters. The molecule has 7 heteroatoms. The molecule has 0 aromatic heterocycles. The predicted molar refractivity (Wildman–Crippen MR) is 81.5 cm³/mol. The van der Waals surface area contributed by atoms with Crippen LogP contribution in [0.4, 0.5) is 11.4 Å². The predicted octanol–water partition coefficient (Wildman–Crippen LogP) is 1.02. The third-order valence-corrected chi connectivity index (χ3v) is 3.44. The summed E-state index contributed by atoms with van der Waals surface area (Å²) < 4.78 is 23.9. The molecule has 20 heavy (non-hydrogen) atoms. The van der Waals surface area contributed by atoms with Crippen LogP contribution in [0.1, 0.15) is 13.8 Å². The van der Waals surface area contributed by atoms with Gasteiger partial charge >= 0.3 is 0 Å². The van der Waals surface area contributed by atoms with Crippen LogP contribution in [-0.4, -0.2) is 40.2 Å². The minimum absolute atomic E-state index is 0.267. The number of sulfonamides is 1. The first-order chi connectivity index (χ1) is 9.35. The van der Waals surface area contributed by atoms with Gasteiger partial charge in [-0.25, -0.2) is 13.1 Å². The Morgan fingerprint density at radius 2 is 1.70 bits per heavy atom. The van der Waals surface area contributed by atoms with E-state index >= 15 is 0 Å². The molecule has 112 valence electrons. The van der Waals surface area contributed by atoms with Crippen molar-refractivity contribution in [3.8, 4) is 0 Å². The number of anilines is 2. The van der Waals surface area contributed by atoms with Gasteiger partial charge in [-0.2, -0.15) is 0 Å². The van der Waals surface area contributed by atoms with Gasteiger partial charge in [0, 0.05) is 24.5 Å². The molecule has 0 bridgehead atoms. The van der Waals surface area contributed by atoms with Crippen LogP contribution in [0.15, 0.2) is 24.3 Å². The Labute approximate surface area is 120 Å². The normalized spacial score (nSPS) is 11.2. The van der Waals surface area contributed by atoms with E-state index in [4.69, 9.17) is 0 Å². The van der Waals surface area contributed by atoms with Gasteiger partial charge in [0.25, 0.3) is 0 Å². The Morgan fingerprint density at radius 1 is 1.15 bits per heavy atom. The number of carbonyl (C=O) groups excluding carboxylic acids is 1. The molecule has 0 aliphatic rings. The summed E-state index contributed by atoms with van der Waals surface area (Å²) in [5.41, 5.74) is 1.73. The third-order valence-electron chi connectivity index (χ3n) is 2.77. The Morgan fingerprint density at radius 3 is 2.15 bits per heavy atom. The topological polar surface area (TPSA) is 78.5 Å². The van der Waals surface area contributed by atoms with Crippen molar-refractivity contribution in [3.05, 3.63) is 24.3 Å². The zero-order valence-electron chi connectivity index (χ0n) is 12.0. The number of nitrogens with one attached hydrogen (secondary N) is 2. The summed E-state index contributed by atoms with van der Waals surface area (Å²) in [5, 5.41) is 2.63. The second kappa shape index (κ2) is 7.25. The molecule has 0 aliphatic heterocycles. The zero-order valence-corrected chi connectivity index (χ0v) is 12.8. The largest absolute Gasteiger partial charge is 0.372 e. The van der Waals surface area contributed by atoms with Crippen molar-refractivity contribution in [2.45, 2.75) is 13.8 Å². The SMILES string of the molecule is CCN(CC)c1ccc(NC(=O)CNS(C)(=O)=O)cc1. The minimum Gasteiger partial charge on any atom is -0.372 e. The fraction of sp³-hybridized carbons (Fsp3) is 0.462. The van der Waals surface area contributed by atoms with Gasteiger partial charge in [0.2, 0.25) is 15.9 Å². The first kappa shape index (κ1) is 16.5. The molecule has 2 N–H and O–H groups in total. The van der Waals surface area contributed by atoms with Crippen molar-refractivity contribution >= 4 is 27.3 Å². The van der Waals surface area contributed by atoms with Gasteiger partial charge in [0.05, 0.1) is 12.8 Å². The van der Waals surface area contributed by atoms with Crippen LogP contribution in [0.5, 0.6) is 0 Å². The number of benzene rings is 1. The van der Waals surface area contributed by atoms with Gasteiger partial charge in [0.1, 0.15) is 0 Å². The van der Waals surface area contributed by atoms with Crippen molar-refractivity contribution in [2.24, 2.45) is 0 Å². The van der Waals surface area contributed by atoms with Crippen LogP contribution in [0.2, 0.25) is 0 Å². The summed E-state index contributed by atoms with van der Waals surface area (Å²) in [4.78, 5) is 13.7. The number of rotatable bonds is 7. The van der Waals surface area contributed by atoms with Gasteiger partial charge in [0.15, 0.2) is 0 Å². The van der Waals surface area contributed by atoms with E-state index in [9.17, 15) is 13.2 Å². The van der Waals surface area contributed by atoms with E-state index in [1.54, 1.807) is 12.1 Å². The Hall–Kier alpha value is -1.60. The maximum atomic E-state index is 11.5. The van der Waals surface area contributed by atoms with E-state index in [0.29, 0.717) is 5.69 Å². The highest BCUT2D eigenvalue weighted by Gasteiger charge is 2.07. The van der Waals surface area contributed by atoms with Crippen molar-refractivity contribution in [1.29, 1.82) is 0 Å². The van der Waals surface area contributed by atoms with Crippen LogP contribution in [0.3, 0.4) is 0 Å².